The average Bonchev–Trinajstić information content (AvgIpc) is 2.69. The van der Waals surface area contributed by atoms with Gasteiger partial charge in [0.15, 0.2) is 0 Å². The van der Waals surface area contributed by atoms with Crippen LogP contribution in [0.5, 0.6) is 0 Å². The minimum absolute atomic E-state index is 0.158. The summed E-state index contributed by atoms with van der Waals surface area (Å²) in [5.74, 6) is 0.188. The molecule has 5 heteroatoms. The number of aryl methyl sites for hydroxylation is 1. The van der Waals surface area contributed by atoms with Gasteiger partial charge >= 0.3 is 0 Å². The molecule has 138 valence electrons. The van der Waals surface area contributed by atoms with Crippen molar-refractivity contribution in [3.8, 4) is 5.69 Å². The third-order valence-corrected chi connectivity index (χ3v) is 4.73. The quantitative estimate of drug-likeness (QED) is 0.452. The fraction of sp³-hybridized carbons (Fsp3) is 0.0435. The second-order valence-electron chi connectivity index (χ2n) is 6.44. The maximum atomic E-state index is 13.2. The van der Waals surface area contributed by atoms with Crippen molar-refractivity contribution >= 4 is 34.7 Å². The summed E-state index contributed by atoms with van der Waals surface area (Å²) in [7, 11) is 0. The molecule has 1 heterocycles. The molecule has 0 saturated heterocycles. The van der Waals surface area contributed by atoms with Gasteiger partial charge in [0.1, 0.15) is 11.6 Å². The summed E-state index contributed by atoms with van der Waals surface area (Å²) >= 11 is 6.09. The summed E-state index contributed by atoms with van der Waals surface area (Å²) in [6.07, 6.45) is 3.56. The summed E-state index contributed by atoms with van der Waals surface area (Å²) in [6.45, 7) is 1.90. The summed E-state index contributed by atoms with van der Waals surface area (Å²) in [6, 6.07) is 18.7. The van der Waals surface area contributed by atoms with Crippen LogP contribution in [-0.4, -0.2) is 9.55 Å². The zero-order chi connectivity index (χ0) is 19.7. The molecule has 0 bridgehead atoms. The van der Waals surface area contributed by atoms with E-state index >= 15 is 0 Å². The largest absolute Gasteiger partial charge is 0.268 e. The Balaban J connectivity index is 1.95. The lowest BCUT2D eigenvalue weighted by atomic mass is 10.1. The van der Waals surface area contributed by atoms with Gasteiger partial charge in [0.05, 0.1) is 16.6 Å². The molecule has 0 saturated carbocycles. The van der Waals surface area contributed by atoms with Crippen molar-refractivity contribution in [3.63, 3.8) is 0 Å². The molecule has 4 rings (SSSR count). The molecule has 0 aliphatic rings. The summed E-state index contributed by atoms with van der Waals surface area (Å²) in [5.41, 5.74) is 2.85. The number of nitrogens with zero attached hydrogens (tertiary/aromatic N) is 2. The van der Waals surface area contributed by atoms with Gasteiger partial charge in [-0.05, 0) is 66.6 Å². The summed E-state index contributed by atoms with van der Waals surface area (Å²) in [4.78, 5) is 17.9. The number of benzene rings is 3. The minimum atomic E-state index is -0.297. The lowest BCUT2D eigenvalue weighted by molar-refractivity contribution is 0.628. The first-order valence-electron chi connectivity index (χ1n) is 8.75. The second kappa shape index (κ2) is 7.41. The maximum Gasteiger partial charge on any atom is 0.266 e. The van der Waals surface area contributed by atoms with Crippen molar-refractivity contribution in [1.82, 2.24) is 9.55 Å². The van der Waals surface area contributed by atoms with Gasteiger partial charge in [0.25, 0.3) is 5.56 Å². The Hall–Kier alpha value is -3.24. The molecule has 3 nitrogen and oxygen atoms in total. The number of halogens is 2. The highest BCUT2D eigenvalue weighted by atomic mass is 35.5. The number of hydrogen-bond acceptors (Lipinski definition) is 2. The Morgan fingerprint density at radius 1 is 1.00 bits per heavy atom. The Bertz CT molecular complexity index is 1260. The van der Waals surface area contributed by atoms with Crippen LogP contribution in [-0.2, 0) is 0 Å². The predicted octanol–water partition coefficient (Wildman–Crippen LogP) is 5.66. The van der Waals surface area contributed by atoms with Gasteiger partial charge in [-0.1, -0.05) is 41.9 Å². The van der Waals surface area contributed by atoms with Gasteiger partial charge in [-0.2, -0.15) is 0 Å². The van der Waals surface area contributed by atoms with Crippen LogP contribution >= 0.6 is 11.6 Å². The molecule has 0 unspecified atom stereocenters. The molecule has 0 amide bonds. The minimum Gasteiger partial charge on any atom is -0.268 e. The van der Waals surface area contributed by atoms with E-state index in [1.165, 1.54) is 12.1 Å². The summed E-state index contributed by atoms with van der Waals surface area (Å²) in [5, 5.41) is 1.14. The average molecular weight is 391 g/mol. The van der Waals surface area contributed by atoms with Crippen molar-refractivity contribution in [2.24, 2.45) is 0 Å². The van der Waals surface area contributed by atoms with E-state index in [1.807, 2.05) is 37.3 Å². The summed E-state index contributed by atoms with van der Waals surface area (Å²) < 4.78 is 14.7. The number of para-hydroxylation sites is 1. The van der Waals surface area contributed by atoms with Crippen molar-refractivity contribution in [1.29, 1.82) is 0 Å². The van der Waals surface area contributed by atoms with Crippen LogP contribution in [0.2, 0.25) is 5.02 Å². The van der Waals surface area contributed by atoms with Crippen LogP contribution in [0, 0.1) is 12.7 Å². The highest BCUT2D eigenvalue weighted by molar-refractivity contribution is 6.30. The first-order chi connectivity index (χ1) is 13.5. The van der Waals surface area contributed by atoms with Gasteiger partial charge in [-0.3, -0.25) is 9.36 Å². The van der Waals surface area contributed by atoms with Gasteiger partial charge in [-0.25, -0.2) is 9.37 Å². The predicted molar refractivity (Wildman–Crippen MR) is 112 cm³/mol. The van der Waals surface area contributed by atoms with E-state index in [0.717, 1.165) is 11.1 Å². The molecule has 0 aliphatic carbocycles. The molecule has 1 aromatic heterocycles. The lowest BCUT2D eigenvalue weighted by Gasteiger charge is -2.14. The molecule has 3 aromatic carbocycles. The normalized spacial score (nSPS) is 11.4. The monoisotopic (exact) mass is 390 g/mol. The molecule has 0 radical (unpaired) electrons. The molecule has 0 aliphatic heterocycles. The van der Waals surface area contributed by atoms with Crippen LogP contribution in [0.1, 0.15) is 17.0 Å². The first-order valence-corrected chi connectivity index (χ1v) is 9.13. The Labute approximate surface area is 166 Å². The van der Waals surface area contributed by atoms with Crippen LogP contribution in [0.15, 0.2) is 71.5 Å². The number of aromatic nitrogens is 2. The molecule has 0 spiro atoms. The Kier molecular flexibility index (Phi) is 4.80. The third-order valence-electron chi connectivity index (χ3n) is 4.50. The highest BCUT2D eigenvalue weighted by Gasteiger charge is 2.13. The molecule has 0 N–H and O–H groups in total. The second-order valence-corrected chi connectivity index (χ2v) is 6.88. The fourth-order valence-electron chi connectivity index (χ4n) is 3.11. The van der Waals surface area contributed by atoms with Crippen LogP contribution in [0.25, 0.3) is 28.7 Å². The van der Waals surface area contributed by atoms with Crippen molar-refractivity contribution in [2.75, 3.05) is 0 Å². The van der Waals surface area contributed by atoms with Gasteiger partial charge < -0.3 is 0 Å². The van der Waals surface area contributed by atoms with Gasteiger partial charge in [-0.15, -0.1) is 0 Å². The van der Waals surface area contributed by atoms with E-state index < -0.39 is 0 Å². The van der Waals surface area contributed by atoms with E-state index in [0.29, 0.717) is 27.4 Å². The third kappa shape index (κ3) is 3.47. The molecule has 4 aromatic rings. The topological polar surface area (TPSA) is 34.9 Å². The standard InChI is InChI=1S/C23H16ClFN2O/c1-15-14-17(24)9-12-21(15)27-22(13-8-16-6-10-18(25)11-7-16)26-20-5-3-2-4-19(20)23(27)28/h2-14H,1H3. The zero-order valence-corrected chi connectivity index (χ0v) is 15.8. The van der Waals surface area contributed by atoms with Gasteiger partial charge in [0.2, 0.25) is 0 Å². The maximum absolute atomic E-state index is 13.2. The Morgan fingerprint density at radius 3 is 2.50 bits per heavy atom. The zero-order valence-electron chi connectivity index (χ0n) is 15.1. The molecule has 28 heavy (non-hydrogen) atoms. The molecule has 0 fully saturated rings. The fourth-order valence-corrected chi connectivity index (χ4v) is 3.34. The smallest absolute Gasteiger partial charge is 0.266 e. The van der Waals surface area contributed by atoms with Crippen LogP contribution < -0.4 is 5.56 Å². The lowest BCUT2D eigenvalue weighted by Crippen LogP contribution is -2.23. The van der Waals surface area contributed by atoms with Gasteiger partial charge in [0, 0.05) is 5.02 Å². The first kappa shape index (κ1) is 18.1. The molecular formula is C23H16ClFN2O. The van der Waals surface area contributed by atoms with Crippen molar-refractivity contribution in [2.45, 2.75) is 6.92 Å². The van der Waals surface area contributed by atoms with Crippen LogP contribution in [0.3, 0.4) is 0 Å². The van der Waals surface area contributed by atoms with Crippen molar-refractivity contribution in [3.05, 3.63) is 105 Å². The van der Waals surface area contributed by atoms with Crippen molar-refractivity contribution < 1.29 is 4.39 Å². The Morgan fingerprint density at radius 2 is 1.75 bits per heavy atom. The number of rotatable bonds is 3. The SMILES string of the molecule is Cc1cc(Cl)ccc1-n1c(C=Cc2ccc(F)cc2)nc2ccccc2c1=O. The number of fused-ring (bicyclic) bond motifs is 1. The van der Waals surface area contributed by atoms with E-state index in [-0.39, 0.29) is 11.4 Å². The van der Waals surface area contributed by atoms with E-state index in [1.54, 1.807) is 41.0 Å². The molecular weight excluding hydrogens is 375 g/mol. The number of hydrogen-bond donors (Lipinski definition) is 0. The van der Waals surface area contributed by atoms with Crippen LogP contribution in [0.4, 0.5) is 4.39 Å². The van der Waals surface area contributed by atoms with E-state index in [2.05, 4.69) is 4.98 Å². The highest BCUT2D eigenvalue weighted by Crippen LogP contribution is 2.21. The van der Waals surface area contributed by atoms with E-state index in [4.69, 9.17) is 11.6 Å². The van der Waals surface area contributed by atoms with E-state index in [9.17, 15) is 9.18 Å². The molecule has 0 atom stereocenters.